The summed E-state index contributed by atoms with van der Waals surface area (Å²) in [5, 5.41) is 4.34. The highest BCUT2D eigenvalue weighted by Crippen LogP contribution is 2.35. The molecule has 0 aromatic carbocycles. The summed E-state index contributed by atoms with van der Waals surface area (Å²) in [5.74, 6) is 1.60. The van der Waals surface area contributed by atoms with Crippen LogP contribution in [0.3, 0.4) is 0 Å². The number of rotatable bonds is 2. The van der Waals surface area contributed by atoms with E-state index in [4.69, 9.17) is 5.73 Å². The molecule has 0 radical (unpaired) electrons. The molecule has 0 bridgehead atoms. The molecule has 3 nitrogen and oxygen atoms in total. The third-order valence-electron chi connectivity index (χ3n) is 3.25. The van der Waals surface area contributed by atoms with Crippen molar-refractivity contribution < 1.29 is 0 Å². The molecule has 1 aromatic heterocycles. The van der Waals surface area contributed by atoms with Gasteiger partial charge in [0, 0.05) is 0 Å². The van der Waals surface area contributed by atoms with Crippen molar-refractivity contribution in [2.45, 2.75) is 38.6 Å². The van der Waals surface area contributed by atoms with E-state index in [2.05, 4.69) is 34.6 Å². The minimum Gasteiger partial charge on any atom is -0.383 e. The second-order valence-corrected chi connectivity index (χ2v) is 5.27. The molecule has 0 saturated heterocycles. The first kappa shape index (κ1) is 10.3. The maximum atomic E-state index is 5.96. The molecular formula is C10H16IN3. The molecule has 0 amide bonds. The van der Waals surface area contributed by atoms with Crippen LogP contribution in [0.5, 0.6) is 0 Å². The predicted molar refractivity (Wildman–Crippen MR) is 66.0 cm³/mol. The number of nitrogens with two attached hydrogens (primary N) is 1. The van der Waals surface area contributed by atoms with E-state index in [-0.39, 0.29) is 0 Å². The van der Waals surface area contributed by atoms with Gasteiger partial charge >= 0.3 is 0 Å². The quantitative estimate of drug-likeness (QED) is 0.854. The van der Waals surface area contributed by atoms with Crippen molar-refractivity contribution in [1.29, 1.82) is 0 Å². The van der Waals surface area contributed by atoms with Gasteiger partial charge in [-0.25, -0.2) is 4.68 Å². The summed E-state index contributed by atoms with van der Waals surface area (Å²) in [7, 11) is 0. The Bertz CT molecular complexity index is 315. The molecule has 1 saturated carbocycles. The molecule has 1 fully saturated rings. The number of nitrogen functional groups attached to an aromatic ring is 1. The van der Waals surface area contributed by atoms with E-state index in [0.29, 0.717) is 6.04 Å². The van der Waals surface area contributed by atoms with Crippen molar-refractivity contribution >= 4 is 28.4 Å². The Morgan fingerprint density at radius 3 is 2.71 bits per heavy atom. The summed E-state index contributed by atoms with van der Waals surface area (Å²) in [5.41, 5.74) is 5.96. The molecule has 1 aliphatic rings. The summed E-state index contributed by atoms with van der Waals surface area (Å²) in [4.78, 5) is 0. The van der Waals surface area contributed by atoms with Gasteiger partial charge in [-0.3, -0.25) is 0 Å². The van der Waals surface area contributed by atoms with Gasteiger partial charge in [0.05, 0.1) is 15.8 Å². The van der Waals surface area contributed by atoms with Gasteiger partial charge in [-0.2, -0.15) is 5.10 Å². The van der Waals surface area contributed by atoms with Gasteiger partial charge in [-0.15, -0.1) is 0 Å². The molecule has 2 rings (SSSR count). The zero-order chi connectivity index (χ0) is 10.1. The van der Waals surface area contributed by atoms with Gasteiger partial charge in [0.25, 0.3) is 0 Å². The molecule has 1 aromatic rings. The van der Waals surface area contributed by atoms with Crippen molar-refractivity contribution in [1.82, 2.24) is 9.78 Å². The molecule has 2 N–H and O–H groups in total. The topological polar surface area (TPSA) is 43.8 Å². The first-order valence-electron chi connectivity index (χ1n) is 5.18. The number of hydrogen-bond acceptors (Lipinski definition) is 2. The third kappa shape index (κ3) is 1.76. The summed E-state index contributed by atoms with van der Waals surface area (Å²) in [6.45, 7) is 2.23. The molecule has 1 heterocycles. The van der Waals surface area contributed by atoms with Crippen LogP contribution in [0.2, 0.25) is 0 Å². The minimum atomic E-state index is 0.459. The molecule has 1 atom stereocenters. The smallest absolute Gasteiger partial charge is 0.135 e. The van der Waals surface area contributed by atoms with Crippen LogP contribution >= 0.6 is 22.6 Å². The van der Waals surface area contributed by atoms with Gasteiger partial charge in [-0.1, -0.05) is 12.8 Å². The van der Waals surface area contributed by atoms with E-state index in [0.717, 1.165) is 15.3 Å². The highest BCUT2D eigenvalue weighted by molar-refractivity contribution is 14.1. The Kier molecular flexibility index (Phi) is 2.99. The summed E-state index contributed by atoms with van der Waals surface area (Å²) in [6, 6.07) is 0.459. The molecule has 0 aliphatic heterocycles. The number of nitrogens with zero attached hydrogens (tertiary/aromatic N) is 2. The highest BCUT2D eigenvalue weighted by atomic mass is 127. The molecular weight excluding hydrogens is 289 g/mol. The average molecular weight is 305 g/mol. The first-order valence-corrected chi connectivity index (χ1v) is 6.26. The third-order valence-corrected chi connectivity index (χ3v) is 4.09. The Morgan fingerprint density at radius 2 is 2.21 bits per heavy atom. The normalized spacial score (nSPS) is 20.1. The van der Waals surface area contributed by atoms with Gasteiger partial charge in [0.15, 0.2) is 0 Å². The van der Waals surface area contributed by atoms with Crippen molar-refractivity contribution in [3.05, 3.63) is 9.77 Å². The fraction of sp³-hybridized carbons (Fsp3) is 0.700. The second-order valence-electron chi connectivity index (χ2n) is 4.11. The van der Waals surface area contributed by atoms with Crippen LogP contribution in [0.1, 0.15) is 38.6 Å². The SMILES string of the molecule is CC(C1CCCC1)n1ncc(I)c1N. The van der Waals surface area contributed by atoms with E-state index < -0.39 is 0 Å². The zero-order valence-corrected chi connectivity index (χ0v) is 10.6. The van der Waals surface area contributed by atoms with Crippen LogP contribution in [-0.2, 0) is 0 Å². The lowest BCUT2D eigenvalue weighted by Gasteiger charge is -2.20. The highest BCUT2D eigenvalue weighted by Gasteiger charge is 2.24. The van der Waals surface area contributed by atoms with Crippen molar-refractivity contribution in [2.24, 2.45) is 5.92 Å². The number of aromatic nitrogens is 2. The van der Waals surface area contributed by atoms with Crippen molar-refractivity contribution in [3.63, 3.8) is 0 Å². The summed E-state index contributed by atoms with van der Waals surface area (Å²) >= 11 is 2.23. The molecule has 0 spiro atoms. The van der Waals surface area contributed by atoms with Crippen LogP contribution in [0.15, 0.2) is 6.20 Å². The van der Waals surface area contributed by atoms with E-state index in [1.54, 1.807) is 0 Å². The maximum Gasteiger partial charge on any atom is 0.135 e. The standard InChI is InChI=1S/C10H16IN3/c1-7(8-4-2-3-5-8)14-10(12)9(11)6-13-14/h6-8H,2-5,12H2,1H3. The van der Waals surface area contributed by atoms with E-state index in [1.807, 2.05) is 10.9 Å². The maximum absolute atomic E-state index is 5.96. The molecule has 1 aliphatic carbocycles. The number of halogens is 1. The van der Waals surface area contributed by atoms with Crippen LogP contribution in [0.25, 0.3) is 0 Å². The lowest BCUT2D eigenvalue weighted by atomic mass is 10.0. The molecule has 14 heavy (non-hydrogen) atoms. The van der Waals surface area contributed by atoms with Crippen LogP contribution < -0.4 is 5.73 Å². The van der Waals surface area contributed by atoms with E-state index in [9.17, 15) is 0 Å². The zero-order valence-electron chi connectivity index (χ0n) is 8.41. The van der Waals surface area contributed by atoms with Gasteiger partial charge in [-0.05, 0) is 48.3 Å². The number of hydrogen-bond donors (Lipinski definition) is 1. The molecule has 4 heteroatoms. The van der Waals surface area contributed by atoms with E-state index in [1.165, 1.54) is 25.7 Å². The fourth-order valence-electron chi connectivity index (χ4n) is 2.31. The first-order chi connectivity index (χ1) is 6.70. The Labute approximate surface area is 98.2 Å². The lowest BCUT2D eigenvalue weighted by Crippen LogP contribution is -2.17. The fourth-order valence-corrected chi connectivity index (χ4v) is 2.69. The number of anilines is 1. The Hall–Kier alpha value is -0.260. The molecule has 1 unspecified atom stereocenters. The Morgan fingerprint density at radius 1 is 1.57 bits per heavy atom. The van der Waals surface area contributed by atoms with Gasteiger partial charge in [0.1, 0.15) is 5.82 Å². The van der Waals surface area contributed by atoms with Crippen molar-refractivity contribution in [2.75, 3.05) is 5.73 Å². The van der Waals surface area contributed by atoms with Crippen LogP contribution in [0, 0.1) is 9.49 Å². The van der Waals surface area contributed by atoms with Gasteiger partial charge < -0.3 is 5.73 Å². The van der Waals surface area contributed by atoms with Crippen LogP contribution in [0.4, 0.5) is 5.82 Å². The van der Waals surface area contributed by atoms with Crippen molar-refractivity contribution in [3.8, 4) is 0 Å². The monoisotopic (exact) mass is 305 g/mol. The minimum absolute atomic E-state index is 0.459. The lowest BCUT2D eigenvalue weighted by molar-refractivity contribution is 0.339. The average Bonchev–Trinajstić information content (AvgIpc) is 2.77. The van der Waals surface area contributed by atoms with Crippen LogP contribution in [-0.4, -0.2) is 9.78 Å². The largest absolute Gasteiger partial charge is 0.383 e. The van der Waals surface area contributed by atoms with E-state index >= 15 is 0 Å². The summed E-state index contributed by atoms with van der Waals surface area (Å²) < 4.78 is 3.05. The Balaban J connectivity index is 2.17. The predicted octanol–water partition coefficient (Wildman–Crippen LogP) is 2.82. The summed E-state index contributed by atoms with van der Waals surface area (Å²) in [6.07, 6.45) is 7.25. The van der Waals surface area contributed by atoms with Gasteiger partial charge in [0.2, 0.25) is 0 Å². The molecule has 78 valence electrons. The second kappa shape index (κ2) is 4.08.